The summed E-state index contributed by atoms with van der Waals surface area (Å²) in [6.45, 7) is 4.52. The molecule has 1 atom stereocenters. The monoisotopic (exact) mass is 365 g/mol. The third-order valence-electron chi connectivity index (χ3n) is 5.67. The Bertz CT molecular complexity index is 912. The number of rotatable bonds is 6. The number of hydrogen-bond acceptors (Lipinski definition) is 3. The SMILES string of the molecule is Cc1nccn1CC[C@@H]1CCCCN1C(=O)CCn1cnc2ccccc21. The van der Waals surface area contributed by atoms with E-state index in [1.165, 1.54) is 6.42 Å². The number of nitrogens with zero attached hydrogens (tertiary/aromatic N) is 5. The van der Waals surface area contributed by atoms with Gasteiger partial charge >= 0.3 is 0 Å². The van der Waals surface area contributed by atoms with Crippen LogP contribution in [0.4, 0.5) is 0 Å². The van der Waals surface area contributed by atoms with Gasteiger partial charge in [-0.1, -0.05) is 12.1 Å². The minimum Gasteiger partial charge on any atom is -0.340 e. The molecule has 1 aliphatic heterocycles. The molecule has 1 fully saturated rings. The number of hydrogen-bond donors (Lipinski definition) is 0. The normalized spacial score (nSPS) is 17.5. The number of amides is 1. The molecular formula is C21H27N5O. The Balaban J connectivity index is 1.37. The van der Waals surface area contributed by atoms with Crippen LogP contribution in [0, 0.1) is 6.92 Å². The van der Waals surface area contributed by atoms with Gasteiger partial charge in [-0.3, -0.25) is 4.79 Å². The summed E-state index contributed by atoms with van der Waals surface area (Å²) in [5.41, 5.74) is 2.08. The summed E-state index contributed by atoms with van der Waals surface area (Å²) >= 11 is 0. The second kappa shape index (κ2) is 7.94. The predicted molar refractivity (Wildman–Crippen MR) is 105 cm³/mol. The maximum atomic E-state index is 12.9. The Morgan fingerprint density at radius 3 is 2.89 bits per heavy atom. The molecule has 3 aromatic rings. The molecule has 0 aliphatic carbocycles. The molecule has 0 radical (unpaired) electrons. The van der Waals surface area contributed by atoms with Crippen LogP contribution in [0.3, 0.4) is 0 Å². The number of para-hydroxylation sites is 2. The zero-order chi connectivity index (χ0) is 18.6. The number of carbonyl (C=O) groups excluding carboxylic acids is 1. The summed E-state index contributed by atoms with van der Waals surface area (Å²) < 4.78 is 4.26. The van der Waals surface area contributed by atoms with Crippen molar-refractivity contribution < 1.29 is 4.79 Å². The summed E-state index contributed by atoms with van der Waals surface area (Å²) in [5, 5.41) is 0. The molecule has 4 rings (SSSR count). The highest BCUT2D eigenvalue weighted by atomic mass is 16.2. The number of aromatic nitrogens is 4. The van der Waals surface area contributed by atoms with E-state index in [9.17, 15) is 4.79 Å². The van der Waals surface area contributed by atoms with E-state index in [-0.39, 0.29) is 5.91 Å². The van der Waals surface area contributed by atoms with Crippen LogP contribution in [0.15, 0.2) is 43.0 Å². The summed E-state index contributed by atoms with van der Waals surface area (Å²) in [5.74, 6) is 1.30. The van der Waals surface area contributed by atoms with Crippen LogP contribution in [0.1, 0.15) is 37.9 Å². The number of benzene rings is 1. The number of likely N-dealkylation sites (tertiary alicyclic amines) is 1. The largest absolute Gasteiger partial charge is 0.340 e. The molecule has 1 saturated heterocycles. The van der Waals surface area contributed by atoms with Crippen LogP contribution >= 0.6 is 0 Å². The molecule has 0 N–H and O–H groups in total. The predicted octanol–water partition coefficient (Wildman–Crippen LogP) is 3.40. The molecule has 0 unspecified atom stereocenters. The van der Waals surface area contributed by atoms with Crippen molar-refractivity contribution in [3.05, 3.63) is 48.8 Å². The highest BCUT2D eigenvalue weighted by molar-refractivity contribution is 5.78. The molecule has 0 bridgehead atoms. The molecule has 1 aromatic carbocycles. The average molecular weight is 365 g/mol. The van der Waals surface area contributed by atoms with Crippen LogP contribution in [0.2, 0.25) is 0 Å². The molecule has 0 spiro atoms. The highest BCUT2D eigenvalue weighted by Gasteiger charge is 2.26. The van der Waals surface area contributed by atoms with Crippen molar-refractivity contribution in [3.63, 3.8) is 0 Å². The average Bonchev–Trinajstić information content (AvgIpc) is 3.30. The topological polar surface area (TPSA) is 56.0 Å². The van der Waals surface area contributed by atoms with E-state index >= 15 is 0 Å². The number of piperidine rings is 1. The van der Waals surface area contributed by atoms with Crippen LogP contribution < -0.4 is 0 Å². The summed E-state index contributed by atoms with van der Waals surface area (Å²) in [4.78, 5) is 23.8. The van der Waals surface area contributed by atoms with E-state index in [0.29, 0.717) is 19.0 Å². The molecular weight excluding hydrogens is 338 g/mol. The summed E-state index contributed by atoms with van der Waals surface area (Å²) in [6, 6.07) is 8.41. The molecule has 0 saturated carbocycles. The smallest absolute Gasteiger partial charge is 0.224 e. The molecule has 3 heterocycles. The molecule has 2 aromatic heterocycles. The second-order valence-electron chi connectivity index (χ2n) is 7.37. The van der Waals surface area contributed by atoms with Gasteiger partial charge in [0, 0.05) is 44.5 Å². The van der Waals surface area contributed by atoms with E-state index in [1.807, 2.05) is 43.8 Å². The van der Waals surface area contributed by atoms with Crippen molar-refractivity contribution in [2.45, 2.75) is 58.2 Å². The minimum atomic E-state index is 0.264. The summed E-state index contributed by atoms with van der Waals surface area (Å²) in [7, 11) is 0. The zero-order valence-corrected chi connectivity index (χ0v) is 15.9. The maximum absolute atomic E-state index is 12.9. The van der Waals surface area contributed by atoms with E-state index in [4.69, 9.17) is 0 Å². The Morgan fingerprint density at radius 1 is 1.15 bits per heavy atom. The molecule has 6 heteroatoms. The molecule has 1 amide bonds. The first-order chi connectivity index (χ1) is 13.2. The van der Waals surface area contributed by atoms with Gasteiger partial charge < -0.3 is 14.0 Å². The van der Waals surface area contributed by atoms with Crippen molar-refractivity contribution >= 4 is 16.9 Å². The van der Waals surface area contributed by atoms with Gasteiger partial charge in [0.25, 0.3) is 0 Å². The first-order valence-electron chi connectivity index (χ1n) is 9.89. The number of fused-ring (bicyclic) bond motifs is 1. The van der Waals surface area contributed by atoms with Crippen LogP contribution in [-0.4, -0.2) is 42.5 Å². The fourth-order valence-electron chi connectivity index (χ4n) is 4.11. The van der Waals surface area contributed by atoms with Gasteiger partial charge in [-0.05, 0) is 44.7 Å². The Labute approximate surface area is 159 Å². The Morgan fingerprint density at radius 2 is 2.04 bits per heavy atom. The van der Waals surface area contributed by atoms with E-state index < -0.39 is 0 Å². The first kappa shape index (κ1) is 17.8. The van der Waals surface area contributed by atoms with Gasteiger partial charge in [-0.2, -0.15) is 0 Å². The van der Waals surface area contributed by atoms with Crippen LogP contribution in [0.5, 0.6) is 0 Å². The van der Waals surface area contributed by atoms with E-state index in [1.54, 1.807) is 0 Å². The van der Waals surface area contributed by atoms with E-state index in [0.717, 1.165) is 49.2 Å². The lowest BCUT2D eigenvalue weighted by Crippen LogP contribution is -2.44. The van der Waals surface area contributed by atoms with Crippen LogP contribution in [0.25, 0.3) is 11.0 Å². The standard InChI is InChI=1S/C21H27N5O/c1-17-22-11-15-24(17)13-9-18-6-4-5-12-26(18)21(27)10-14-25-16-23-19-7-2-3-8-20(19)25/h2-3,7-8,11,15-16,18H,4-6,9-10,12-14H2,1H3/t18-/m0/s1. The second-order valence-corrected chi connectivity index (χ2v) is 7.37. The molecule has 1 aliphatic rings. The third kappa shape index (κ3) is 3.89. The summed E-state index contributed by atoms with van der Waals surface area (Å²) in [6.07, 6.45) is 10.7. The molecule has 27 heavy (non-hydrogen) atoms. The van der Waals surface area contributed by atoms with Gasteiger partial charge in [0.1, 0.15) is 5.82 Å². The van der Waals surface area contributed by atoms with Crippen molar-refractivity contribution in [1.82, 2.24) is 24.0 Å². The maximum Gasteiger partial charge on any atom is 0.224 e. The van der Waals surface area contributed by atoms with Gasteiger partial charge in [-0.15, -0.1) is 0 Å². The quantitative estimate of drug-likeness (QED) is 0.673. The Kier molecular flexibility index (Phi) is 5.23. The van der Waals surface area contributed by atoms with Crippen molar-refractivity contribution in [3.8, 4) is 0 Å². The van der Waals surface area contributed by atoms with Gasteiger partial charge in [0.05, 0.1) is 17.4 Å². The molecule has 6 nitrogen and oxygen atoms in total. The van der Waals surface area contributed by atoms with Gasteiger partial charge in [-0.25, -0.2) is 9.97 Å². The fourth-order valence-corrected chi connectivity index (χ4v) is 4.11. The van der Waals surface area contributed by atoms with Gasteiger partial charge in [0.15, 0.2) is 0 Å². The van der Waals surface area contributed by atoms with Crippen molar-refractivity contribution in [1.29, 1.82) is 0 Å². The molecule has 142 valence electrons. The lowest BCUT2D eigenvalue weighted by molar-refractivity contribution is -0.135. The van der Waals surface area contributed by atoms with Gasteiger partial charge in [0.2, 0.25) is 5.91 Å². The fraction of sp³-hybridized carbons (Fsp3) is 0.476. The zero-order valence-electron chi connectivity index (χ0n) is 15.9. The highest BCUT2D eigenvalue weighted by Crippen LogP contribution is 2.22. The van der Waals surface area contributed by atoms with Crippen molar-refractivity contribution in [2.24, 2.45) is 0 Å². The van der Waals surface area contributed by atoms with Crippen LogP contribution in [-0.2, 0) is 17.9 Å². The first-order valence-corrected chi connectivity index (χ1v) is 9.89. The lowest BCUT2D eigenvalue weighted by Gasteiger charge is -2.36. The lowest BCUT2D eigenvalue weighted by atomic mass is 9.98. The minimum absolute atomic E-state index is 0.264. The third-order valence-corrected chi connectivity index (χ3v) is 5.67. The van der Waals surface area contributed by atoms with E-state index in [2.05, 4.69) is 30.1 Å². The Hall–Kier alpha value is -2.63. The number of imidazole rings is 2. The van der Waals surface area contributed by atoms with Crippen molar-refractivity contribution in [2.75, 3.05) is 6.54 Å². The number of carbonyl (C=O) groups is 1. The number of aryl methyl sites for hydroxylation is 3.